The van der Waals surface area contributed by atoms with Gasteiger partial charge in [0.1, 0.15) is 35.1 Å². The third-order valence-corrected chi connectivity index (χ3v) is 36.5. The van der Waals surface area contributed by atoms with Crippen LogP contribution in [0, 0.1) is 157 Å². The lowest BCUT2D eigenvalue weighted by Crippen LogP contribution is -2.85. The number of ketones is 1. The number of hydrogen-bond acceptors (Lipinski definition) is 13. The molecule has 33 unspecified atom stereocenters. The number of ether oxygens (including phenoxy) is 4. The molecule has 0 amide bonds. The van der Waals surface area contributed by atoms with Gasteiger partial charge < -0.3 is 43.6 Å². The van der Waals surface area contributed by atoms with E-state index in [2.05, 4.69) is 95.9 Å². The van der Waals surface area contributed by atoms with Gasteiger partial charge in [-0.25, -0.2) is 4.79 Å². The molecule has 11 saturated carbocycles. The number of rotatable bonds is 7. The van der Waals surface area contributed by atoms with Gasteiger partial charge in [0, 0.05) is 47.2 Å². The van der Waals surface area contributed by atoms with E-state index in [9.17, 15) is 14.9 Å². The molecule has 33 atom stereocenters. The Morgan fingerprint density at radius 1 is 0.888 bits per heavy atom. The lowest BCUT2D eigenvalue weighted by Gasteiger charge is -2.75. The highest BCUT2D eigenvalue weighted by atomic mass is 16.7. The monoisotopic (exact) mass is 1320 g/mol. The normalized spacial score (nSPS) is 56.2. The van der Waals surface area contributed by atoms with E-state index in [1.165, 1.54) is 36.8 Å². The van der Waals surface area contributed by atoms with E-state index in [4.69, 9.17) is 18.6 Å². The first-order valence-electron chi connectivity index (χ1n) is 39.9. The van der Waals surface area contributed by atoms with Gasteiger partial charge in [0.05, 0.1) is 48.5 Å². The number of nitrogens with zero attached hydrogens (tertiary/aromatic N) is 1. The molecule has 5 saturated heterocycles. The molecular weight excluding hydrogens is 1220 g/mol. The summed E-state index contributed by atoms with van der Waals surface area (Å²) < 4.78 is 39.8. The van der Waals surface area contributed by atoms with Gasteiger partial charge in [-0.15, -0.1) is 0 Å². The predicted octanol–water partition coefficient (Wildman–Crippen LogP) is 11.1. The number of esters is 2. The van der Waals surface area contributed by atoms with E-state index in [-0.39, 0.29) is 83.6 Å². The molecule has 12 bridgehead atoms. The maximum atomic E-state index is 18.8. The van der Waals surface area contributed by atoms with Gasteiger partial charge in [-0.2, -0.15) is 0 Å². The second-order valence-corrected chi connectivity index (χ2v) is 38.1. The van der Waals surface area contributed by atoms with Crippen LogP contribution in [0.25, 0.3) is 0 Å². The van der Waals surface area contributed by atoms with Crippen molar-refractivity contribution < 1.29 is 53.1 Å². The molecule has 9 spiro atoms. The predicted molar refractivity (Wildman–Crippen MR) is 358 cm³/mol. The molecule has 16 fully saturated rings. The first-order valence-corrected chi connectivity index (χ1v) is 39.9. The summed E-state index contributed by atoms with van der Waals surface area (Å²) in [5.74, 6) is 8.96. The van der Waals surface area contributed by atoms with Crippen molar-refractivity contribution in [1.82, 2.24) is 10.2 Å². The fraction of sp³-hybridized carbons (Fsp3) is 0.729. The summed E-state index contributed by atoms with van der Waals surface area (Å²) in [4.78, 5) is 54.9. The quantitative estimate of drug-likeness (QED) is 0.0891. The van der Waals surface area contributed by atoms with E-state index < -0.39 is 97.4 Å². The average molecular weight is 1320 g/mol. The minimum Gasteiger partial charge on any atom is -0.469 e. The molecule has 2 aromatic rings. The Bertz CT molecular complexity index is 4120. The molecular formula is C85H98N2O11. The molecule has 4 N–H and O–H groups in total. The Morgan fingerprint density at radius 2 is 1.80 bits per heavy atom. The summed E-state index contributed by atoms with van der Waals surface area (Å²) in [6.45, 7) is 3.88. The molecule has 1 aromatic carbocycles. The zero-order chi connectivity index (χ0) is 65.0. The molecule has 8 heterocycles. The lowest BCUT2D eigenvalue weighted by molar-refractivity contribution is -0.325. The Morgan fingerprint density at radius 3 is 2.69 bits per heavy atom. The second-order valence-electron chi connectivity index (χ2n) is 38.1. The average Bonchev–Trinajstić information content (AvgIpc) is 1.39. The van der Waals surface area contributed by atoms with Crippen LogP contribution in [-0.2, 0) is 58.2 Å². The van der Waals surface area contributed by atoms with Crippen LogP contribution < -0.4 is 5.32 Å². The molecule has 98 heavy (non-hydrogen) atoms. The highest BCUT2D eigenvalue weighted by Gasteiger charge is 3.03. The number of nitrogens with one attached hydrogen (secondary N) is 1. The molecule has 22 aliphatic rings. The van der Waals surface area contributed by atoms with Crippen LogP contribution >= 0.6 is 0 Å². The summed E-state index contributed by atoms with van der Waals surface area (Å²) in [7, 11) is 0. The van der Waals surface area contributed by atoms with Crippen LogP contribution in [0.2, 0.25) is 0 Å². The van der Waals surface area contributed by atoms with Crippen molar-refractivity contribution in [3.05, 3.63) is 107 Å². The number of aliphatic hydroxyl groups excluding tert-OH is 3. The fourth-order valence-corrected chi connectivity index (χ4v) is 34.3. The number of Topliss-reactive ketones (excluding diaryl/α,β-unsaturated/α-hetero) is 1. The van der Waals surface area contributed by atoms with Gasteiger partial charge in [0.2, 0.25) is 0 Å². The van der Waals surface area contributed by atoms with E-state index in [0.717, 1.165) is 120 Å². The third kappa shape index (κ3) is 5.98. The van der Waals surface area contributed by atoms with Crippen molar-refractivity contribution in [3.63, 3.8) is 0 Å². The van der Waals surface area contributed by atoms with Crippen LogP contribution in [0.15, 0.2) is 88.7 Å². The summed E-state index contributed by atoms with van der Waals surface area (Å²) >= 11 is 0. The second kappa shape index (κ2) is 18.8. The summed E-state index contributed by atoms with van der Waals surface area (Å²) in [5.41, 5.74) is -4.84. The SMILES string of the molecule is CC12CC3CC45CC6C=CC47C(=O)OCC48C(C(=O)C(O)C9(C%10CC(Cc%11ccccc%11)CCC%10C#CC%10CCc%11coc(CC(C(O)CO)C%12CCC%13C(C=CN%14CNCC%13%14)C%12)c%11C%101OC(=O)C1OC192)C34)C12OC87C(=CC1C13CCC4CCCC4C1CC=C1CCC2CC13)CC5C6. The number of aliphatic hydroxyl groups is 3. The number of hydrogen-bond donors (Lipinski definition) is 4. The largest absolute Gasteiger partial charge is 0.469 e. The van der Waals surface area contributed by atoms with Crippen molar-refractivity contribution in [1.29, 1.82) is 0 Å². The van der Waals surface area contributed by atoms with Crippen molar-refractivity contribution in [2.75, 3.05) is 26.4 Å². The minimum absolute atomic E-state index is 0.0277. The maximum Gasteiger partial charge on any atom is 0.339 e. The third-order valence-electron chi connectivity index (χ3n) is 36.5. The van der Waals surface area contributed by atoms with Gasteiger partial charge in [0.25, 0.3) is 0 Å². The highest BCUT2D eigenvalue weighted by molar-refractivity contribution is 5.96. The van der Waals surface area contributed by atoms with Gasteiger partial charge >= 0.3 is 11.9 Å². The molecule has 514 valence electrons. The van der Waals surface area contributed by atoms with E-state index in [1.807, 2.05) is 6.26 Å². The van der Waals surface area contributed by atoms with Gasteiger partial charge in [0.15, 0.2) is 17.5 Å². The molecule has 13 nitrogen and oxygen atoms in total. The first-order chi connectivity index (χ1) is 47.7. The smallest absolute Gasteiger partial charge is 0.339 e. The molecule has 1 aromatic heterocycles. The van der Waals surface area contributed by atoms with Crippen LogP contribution in [-0.4, -0.2) is 106 Å². The summed E-state index contributed by atoms with van der Waals surface area (Å²) in [6.07, 6.45) is 35.1. The number of furan rings is 1. The number of epoxide rings is 1. The van der Waals surface area contributed by atoms with E-state index in [1.54, 1.807) is 5.57 Å². The molecule has 7 aliphatic heterocycles. The van der Waals surface area contributed by atoms with Crippen LogP contribution in [0.5, 0.6) is 0 Å². The Labute approximate surface area is 575 Å². The number of benzene rings is 1. The topological polar surface area (TPSA) is 181 Å². The first kappa shape index (κ1) is 58.7. The van der Waals surface area contributed by atoms with Crippen molar-refractivity contribution in [2.45, 2.75) is 208 Å². The van der Waals surface area contributed by atoms with E-state index in [0.29, 0.717) is 79.9 Å². The van der Waals surface area contributed by atoms with Crippen molar-refractivity contribution in [2.24, 2.45) is 145 Å². The van der Waals surface area contributed by atoms with Crippen LogP contribution in [0.4, 0.5) is 0 Å². The van der Waals surface area contributed by atoms with Gasteiger partial charge in [-0.3, -0.25) is 14.9 Å². The standard InChI is InChI=1S/C85H98N2O11/c1-76-37-53-38-77-36-46-22-26-80(77)75(93)95-42-79-70(53)81(72(91)69(90)71(79)82-55-19-13-48-16-21-61-58-9-5-8-47(58)23-25-78(61,62(48)33-55)67(82)34-57(32-56(77)29-46)84(79,80)98-82)63-30-45(28-44-6-3-2-4-7-44)10-11-49(63)12-17-54-18-14-52-41-94-66(68(52)83(54,76)97-74(92)73-85(76,81)96-73)35-60(65(89)40-88)50-15-20-59-51(31-50)24-27-87-43-86-39-64(59)87/h2-4,6-7,16,22,24,26-27,34,41,45-47,49-51,53-56,58-65,67,70-73,86,88-89,91H,5,8-11,13-15,18-21,23,25,28-33,35-40,42-43H2,1H3. The Hall–Kier alpha value is -4.81. The molecule has 24 rings (SSSR count). The number of fused-ring (bicyclic) bond motifs is 9. The number of allylic oxidation sites excluding steroid dienone is 4. The van der Waals surface area contributed by atoms with E-state index >= 15 is 19.5 Å². The minimum atomic E-state index is -1.57. The van der Waals surface area contributed by atoms with Crippen LogP contribution in [0.1, 0.15) is 164 Å². The Kier molecular flexibility index (Phi) is 11.2. The number of aryl methyl sites for hydroxylation is 1. The number of carbonyl (C=O) groups is 3. The summed E-state index contributed by atoms with van der Waals surface area (Å²) in [5, 5.41) is 43.0. The van der Waals surface area contributed by atoms with Gasteiger partial charge in [-0.05, 0) is 257 Å². The molecule has 15 aliphatic carbocycles. The number of cyclic esters (lactones) is 1. The van der Waals surface area contributed by atoms with Crippen molar-refractivity contribution >= 4 is 17.7 Å². The highest BCUT2D eigenvalue weighted by Crippen LogP contribution is 2.95. The van der Waals surface area contributed by atoms with Crippen LogP contribution in [0.3, 0.4) is 0 Å². The van der Waals surface area contributed by atoms with Gasteiger partial charge in [-0.1, -0.05) is 97.9 Å². The lowest BCUT2D eigenvalue weighted by atomic mass is 9.27. The van der Waals surface area contributed by atoms with Crippen molar-refractivity contribution in [3.8, 4) is 11.8 Å². The Balaban J connectivity index is 0.759. The molecule has 13 heteroatoms. The summed E-state index contributed by atoms with van der Waals surface area (Å²) in [6, 6.07) is 11.3. The fourth-order valence-electron chi connectivity index (χ4n) is 34.3. The zero-order valence-corrected chi connectivity index (χ0v) is 57.1. The number of carbonyl (C=O) groups excluding carboxylic acids is 3. The molecule has 0 radical (unpaired) electrons. The maximum absolute atomic E-state index is 18.8. The zero-order valence-electron chi connectivity index (χ0n) is 57.1.